The van der Waals surface area contributed by atoms with Crippen LogP contribution in [0.15, 0.2) is 36.0 Å². The van der Waals surface area contributed by atoms with Crippen LogP contribution < -0.4 is 5.32 Å². The van der Waals surface area contributed by atoms with Gasteiger partial charge in [0.25, 0.3) is 0 Å². The Kier molecular flexibility index (Phi) is 4.59. The summed E-state index contributed by atoms with van der Waals surface area (Å²) in [6.07, 6.45) is 1.79. The summed E-state index contributed by atoms with van der Waals surface area (Å²) in [5.74, 6) is 0.811. The summed E-state index contributed by atoms with van der Waals surface area (Å²) >= 11 is 1.77. The molecule has 21 heavy (non-hydrogen) atoms. The van der Waals surface area contributed by atoms with E-state index in [1.54, 1.807) is 24.8 Å². The molecule has 3 rings (SSSR count). The smallest absolute Gasteiger partial charge is 0.164 e. The first-order valence-corrected chi connectivity index (χ1v) is 7.78. The zero-order valence-electron chi connectivity index (χ0n) is 12.0. The van der Waals surface area contributed by atoms with Crippen molar-refractivity contribution in [3.63, 3.8) is 0 Å². The van der Waals surface area contributed by atoms with Crippen molar-refractivity contribution in [3.8, 4) is 0 Å². The van der Waals surface area contributed by atoms with Crippen LogP contribution in [0.3, 0.4) is 0 Å². The molecule has 110 valence electrons. The molecule has 0 fully saturated rings. The van der Waals surface area contributed by atoms with Gasteiger partial charge in [0.2, 0.25) is 0 Å². The van der Waals surface area contributed by atoms with Crippen LogP contribution in [0, 0.1) is 0 Å². The number of thiophene rings is 1. The molecule has 0 unspecified atom stereocenters. The Balaban J connectivity index is 1.64. The topological polar surface area (TPSA) is 52.0 Å². The molecule has 5 nitrogen and oxygen atoms in total. The van der Waals surface area contributed by atoms with Crippen LogP contribution in [0.5, 0.6) is 0 Å². The number of benzene rings is 1. The minimum absolute atomic E-state index is 0.667. The molecule has 0 radical (unpaired) electrons. The Hall–Kier alpha value is -1.76. The van der Waals surface area contributed by atoms with Gasteiger partial charge in [-0.2, -0.15) is 5.10 Å². The average molecular weight is 302 g/mol. The van der Waals surface area contributed by atoms with Gasteiger partial charge in [-0.3, -0.25) is 0 Å². The fourth-order valence-corrected chi connectivity index (χ4v) is 3.15. The second-order valence-corrected chi connectivity index (χ2v) is 5.70. The van der Waals surface area contributed by atoms with Crippen molar-refractivity contribution in [3.05, 3.63) is 47.4 Å². The lowest BCUT2D eigenvalue weighted by atomic mass is 10.2. The fraction of sp³-hybridized carbons (Fsp3) is 0.333. The van der Waals surface area contributed by atoms with Crippen LogP contribution in [0.4, 0.5) is 0 Å². The molecular formula is C15H18N4OS. The van der Waals surface area contributed by atoms with Crippen LogP contribution in [-0.4, -0.2) is 35.0 Å². The molecule has 0 bridgehead atoms. The zero-order chi connectivity index (χ0) is 14.5. The van der Waals surface area contributed by atoms with E-state index in [-0.39, 0.29) is 0 Å². The molecule has 1 aromatic carbocycles. The standard InChI is InChI=1S/C15H18N4OS/c1-20-7-6-16-8-15-17-11-19(18-15)9-12-10-21-14-5-3-2-4-13(12)14/h2-5,10-11,16H,6-9H2,1H3. The maximum Gasteiger partial charge on any atom is 0.164 e. The van der Waals surface area contributed by atoms with Gasteiger partial charge in [0.05, 0.1) is 19.7 Å². The first kappa shape index (κ1) is 14.2. The normalized spacial score (nSPS) is 11.3. The Morgan fingerprint density at radius 1 is 1.33 bits per heavy atom. The van der Waals surface area contributed by atoms with E-state index in [1.165, 1.54) is 15.6 Å². The zero-order valence-corrected chi connectivity index (χ0v) is 12.8. The van der Waals surface area contributed by atoms with Crippen LogP contribution >= 0.6 is 11.3 Å². The Bertz CT molecular complexity index is 706. The molecule has 1 N–H and O–H groups in total. The Morgan fingerprint density at radius 2 is 2.24 bits per heavy atom. The van der Waals surface area contributed by atoms with E-state index in [0.717, 1.165) is 18.9 Å². The largest absolute Gasteiger partial charge is 0.383 e. The van der Waals surface area contributed by atoms with E-state index in [9.17, 15) is 0 Å². The quantitative estimate of drug-likeness (QED) is 0.680. The average Bonchev–Trinajstić information content (AvgIpc) is 3.12. The molecule has 6 heteroatoms. The van der Waals surface area contributed by atoms with E-state index >= 15 is 0 Å². The van der Waals surface area contributed by atoms with E-state index < -0.39 is 0 Å². The predicted molar refractivity (Wildman–Crippen MR) is 84.5 cm³/mol. The van der Waals surface area contributed by atoms with Crippen LogP contribution in [-0.2, 0) is 17.8 Å². The van der Waals surface area contributed by atoms with Crippen molar-refractivity contribution < 1.29 is 4.74 Å². The second kappa shape index (κ2) is 6.80. The summed E-state index contributed by atoms with van der Waals surface area (Å²) < 4.78 is 8.19. The van der Waals surface area contributed by atoms with Crippen molar-refractivity contribution in [2.45, 2.75) is 13.1 Å². The number of hydrogen-bond acceptors (Lipinski definition) is 5. The third kappa shape index (κ3) is 3.47. The number of aromatic nitrogens is 3. The maximum absolute atomic E-state index is 4.99. The van der Waals surface area contributed by atoms with E-state index in [0.29, 0.717) is 13.2 Å². The Labute approximate surface area is 127 Å². The third-order valence-electron chi connectivity index (χ3n) is 3.24. The predicted octanol–water partition coefficient (Wildman–Crippen LogP) is 2.28. The molecule has 3 aromatic rings. The number of hydrogen-bond donors (Lipinski definition) is 1. The summed E-state index contributed by atoms with van der Waals surface area (Å²) in [7, 11) is 1.69. The molecule has 2 aromatic heterocycles. The molecule has 0 saturated heterocycles. The minimum Gasteiger partial charge on any atom is -0.383 e. The van der Waals surface area contributed by atoms with Crippen molar-refractivity contribution >= 4 is 21.4 Å². The van der Waals surface area contributed by atoms with Gasteiger partial charge in [-0.15, -0.1) is 11.3 Å². The highest BCUT2D eigenvalue weighted by Crippen LogP contribution is 2.25. The van der Waals surface area contributed by atoms with Gasteiger partial charge in [0.1, 0.15) is 6.33 Å². The first-order valence-electron chi connectivity index (χ1n) is 6.90. The van der Waals surface area contributed by atoms with Crippen molar-refractivity contribution in [2.24, 2.45) is 0 Å². The molecule has 0 spiro atoms. The summed E-state index contributed by atoms with van der Waals surface area (Å²) in [4.78, 5) is 4.33. The number of rotatable bonds is 7. The SMILES string of the molecule is COCCNCc1ncn(Cc2csc3ccccc23)n1. The van der Waals surface area contributed by atoms with E-state index in [1.807, 2.05) is 4.68 Å². The monoisotopic (exact) mass is 302 g/mol. The minimum atomic E-state index is 0.667. The summed E-state index contributed by atoms with van der Waals surface area (Å²) in [6.45, 7) is 2.93. The van der Waals surface area contributed by atoms with Gasteiger partial charge >= 0.3 is 0 Å². The van der Waals surface area contributed by atoms with E-state index in [4.69, 9.17) is 4.74 Å². The van der Waals surface area contributed by atoms with Gasteiger partial charge in [-0.1, -0.05) is 18.2 Å². The van der Waals surface area contributed by atoms with Crippen LogP contribution in [0.1, 0.15) is 11.4 Å². The number of fused-ring (bicyclic) bond motifs is 1. The van der Waals surface area contributed by atoms with Crippen molar-refractivity contribution in [1.29, 1.82) is 0 Å². The molecule has 0 aliphatic heterocycles. The molecule has 0 aliphatic carbocycles. The third-order valence-corrected chi connectivity index (χ3v) is 4.26. The number of methoxy groups -OCH3 is 1. The maximum atomic E-state index is 4.99. The van der Waals surface area contributed by atoms with Crippen LogP contribution in [0.2, 0.25) is 0 Å². The van der Waals surface area contributed by atoms with Crippen LogP contribution in [0.25, 0.3) is 10.1 Å². The molecule has 0 aliphatic rings. The molecule has 0 amide bonds. The Morgan fingerprint density at radius 3 is 3.14 bits per heavy atom. The molecular weight excluding hydrogens is 284 g/mol. The molecule has 2 heterocycles. The first-order chi connectivity index (χ1) is 10.4. The lowest BCUT2D eigenvalue weighted by Gasteiger charge is -2.01. The summed E-state index contributed by atoms with van der Waals surface area (Å²) in [6, 6.07) is 8.45. The highest BCUT2D eigenvalue weighted by atomic mass is 32.1. The second-order valence-electron chi connectivity index (χ2n) is 4.79. The summed E-state index contributed by atoms with van der Waals surface area (Å²) in [5.41, 5.74) is 1.29. The van der Waals surface area contributed by atoms with Crippen molar-refractivity contribution in [1.82, 2.24) is 20.1 Å². The highest BCUT2D eigenvalue weighted by molar-refractivity contribution is 7.17. The van der Waals surface area contributed by atoms with Gasteiger partial charge < -0.3 is 10.1 Å². The summed E-state index contributed by atoms with van der Waals surface area (Å²) in [5, 5.41) is 11.2. The fourth-order valence-electron chi connectivity index (χ4n) is 2.19. The van der Waals surface area contributed by atoms with E-state index in [2.05, 4.69) is 45.0 Å². The number of nitrogens with zero attached hydrogens (tertiary/aromatic N) is 3. The van der Waals surface area contributed by atoms with Gasteiger partial charge in [0.15, 0.2) is 5.82 Å². The van der Waals surface area contributed by atoms with Gasteiger partial charge in [-0.25, -0.2) is 9.67 Å². The highest BCUT2D eigenvalue weighted by Gasteiger charge is 2.06. The lowest BCUT2D eigenvalue weighted by Crippen LogP contribution is -2.19. The van der Waals surface area contributed by atoms with Gasteiger partial charge in [0, 0.05) is 18.4 Å². The van der Waals surface area contributed by atoms with Crippen molar-refractivity contribution in [2.75, 3.05) is 20.3 Å². The molecule has 0 saturated carbocycles. The number of ether oxygens (including phenoxy) is 1. The number of nitrogens with one attached hydrogen (secondary N) is 1. The lowest BCUT2D eigenvalue weighted by molar-refractivity contribution is 0.199. The molecule has 0 atom stereocenters. The van der Waals surface area contributed by atoms with Gasteiger partial charge in [-0.05, 0) is 22.4 Å².